The fourth-order valence-corrected chi connectivity index (χ4v) is 19.9. The Morgan fingerprint density at radius 2 is 0.583 bits per heavy atom. The molecule has 11 heteroatoms. The fraction of sp³-hybridized carbons (Fsp3) is 0. The molecule has 0 saturated carbocycles. The van der Waals surface area contributed by atoms with E-state index in [-0.39, 0.29) is 0 Å². The maximum absolute atomic E-state index is 5.29. The van der Waals surface area contributed by atoms with Crippen molar-refractivity contribution in [2.75, 3.05) is 0 Å². The molecule has 0 aliphatic rings. The van der Waals surface area contributed by atoms with Crippen molar-refractivity contribution in [2.24, 2.45) is 0 Å². The second-order valence-corrected chi connectivity index (χ2v) is 33.5. The van der Waals surface area contributed by atoms with E-state index >= 15 is 0 Å². The van der Waals surface area contributed by atoms with Crippen LogP contribution < -0.4 is 0 Å². The maximum Gasteiger partial charge on any atom is 0.160 e. The van der Waals surface area contributed by atoms with Gasteiger partial charge in [0, 0.05) is 158 Å². The fourth-order valence-electron chi connectivity index (χ4n) is 19.9. The number of benzene rings is 17. The van der Waals surface area contributed by atoms with Crippen molar-refractivity contribution in [1.29, 1.82) is 0 Å². The lowest BCUT2D eigenvalue weighted by atomic mass is 9.98. The molecule has 0 aliphatic heterocycles. The summed E-state index contributed by atoms with van der Waals surface area (Å²) in [6.45, 7) is 0. The van der Waals surface area contributed by atoms with E-state index in [4.69, 9.17) is 19.9 Å². The van der Waals surface area contributed by atoms with E-state index in [9.17, 15) is 0 Å². The van der Waals surface area contributed by atoms with Crippen LogP contribution in [-0.4, -0.2) is 52.3 Å². The highest BCUT2D eigenvalue weighted by molar-refractivity contribution is 6.25. The smallest absolute Gasteiger partial charge is 0.160 e. The average molecular weight is 1690 g/mol. The first kappa shape index (κ1) is 76.5. The third kappa shape index (κ3) is 13.2. The summed E-state index contributed by atoms with van der Waals surface area (Å²) in [4.78, 5) is 25.1. The highest BCUT2D eigenvalue weighted by Gasteiger charge is 2.25. The van der Waals surface area contributed by atoms with Crippen LogP contribution in [0.4, 0.5) is 0 Å². The minimum Gasteiger partial charge on any atom is -0.317 e. The van der Waals surface area contributed by atoms with Crippen molar-refractivity contribution < 1.29 is 0 Å². The Bertz CT molecular complexity index is 8750. The van der Waals surface area contributed by atoms with E-state index in [0.29, 0.717) is 0 Å². The molecule has 10 heterocycles. The number of pyridine rings is 3. The Kier molecular flexibility index (Phi) is 18.7. The summed E-state index contributed by atoms with van der Waals surface area (Å²) in [6.07, 6.45) is 10.3. The molecule has 10 aromatic heterocycles. The zero-order chi connectivity index (χ0) is 87.1. The Morgan fingerprint density at radius 1 is 0.197 bits per heavy atom. The van der Waals surface area contributed by atoms with E-state index < -0.39 is 0 Å². The SMILES string of the molecule is c1ccc(-c2cc(-c3ccc4c(c3)c3c5ccn(-c6ccccc6)c5ccc3n4-c3ccccc3)nc3ccncc23)cc1.c1ccc(-c2nc(-c3ccc4c(c3)c3c5c(ccc3n4-c3ccccc3)ccn5-c3ccccc3)nc3ccccc23)cc1.c1ccc(-c2nc(-c3ccc4c(c3)c3c5ccn(-c6ccccc6)c5ccc3n4-c3ccccc3)cc3ccccc23)cc1. The summed E-state index contributed by atoms with van der Waals surface area (Å²) >= 11 is 0. The van der Waals surface area contributed by atoms with E-state index in [0.717, 1.165) is 140 Å². The summed E-state index contributed by atoms with van der Waals surface area (Å²) in [5.41, 5.74) is 30.9. The molecule has 0 N–H and O–H groups in total. The van der Waals surface area contributed by atoms with Gasteiger partial charge in [-0.1, -0.05) is 261 Å². The van der Waals surface area contributed by atoms with Gasteiger partial charge in [-0.05, 0) is 205 Å². The first-order chi connectivity index (χ1) is 65.5. The molecule has 0 unspecified atom stereocenters. The van der Waals surface area contributed by atoms with Crippen molar-refractivity contribution >= 4 is 131 Å². The summed E-state index contributed by atoms with van der Waals surface area (Å²) in [7, 11) is 0. The molecule has 0 atom stereocenters. The Morgan fingerprint density at radius 3 is 1.11 bits per heavy atom. The summed E-state index contributed by atoms with van der Waals surface area (Å²) in [5, 5.41) is 15.4. The molecule has 27 rings (SSSR count). The predicted octanol–water partition coefficient (Wildman–Crippen LogP) is 30.6. The van der Waals surface area contributed by atoms with Gasteiger partial charge in [0.2, 0.25) is 0 Å². The third-order valence-electron chi connectivity index (χ3n) is 25.9. The molecule has 17 aromatic carbocycles. The predicted molar refractivity (Wildman–Crippen MR) is 547 cm³/mol. The lowest BCUT2D eigenvalue weighted by Gasteiger charge is -2.11. The van der Waals surface area contributed by atoms with E-state index in [1.807, 2.05) is 36.7 Å². The second kappa shape index (κ2) is 32.2. The van der Waals surface area contributed by atoms with Gasteiger partial charge in [-0.3, -0.25) is 4.98 Å². The van der Waals surface area contributed by atoms with Gasteiger partial charge in [-0.15, -0.1) is 0 Å². The normalized spacial score (nSPS) is 11.6. The van der Waals surface area contributed by atoms with E-state index in [1.54, 1.807) is 0 Å². The first-order valence-corrected chi connectivity index (χ1v) is 44.7. The standard InChI is InChI=1S/C41H27N3.2C40H26N4/c1-4-12-28(13-5-1)41-33-19-11-10-14-29(33)27-36(42-41)30-20-21-38-35(26-30)40-34-24-25-43(31-15-6-2-7-16-31)37(34)22-23-39(40)44(38)32-17-8-3-9-18-32;1-4-12-27(13-5-1)38-32-18-10-11-19-34(32)41-40(42-38)29-21-22-35-33(26-29)37-36(44(35)31-16-8-3-9-17-31)23-20-28-24-25-43(39(28)37)30-14-6-2-7-15-30;1-4-10-27(11-5-1)32-25-36(42-35-20-22-41-26-34(32)35)28-16-17-38-33(24-28)40-31-21-23-43(29-12-6-2-7-13-29)37(31)18-19-39(40)44(38)30-14-8-3-9-15-30/h1-27H;2*1-26H. The minimum atomic E-state index is 0.718. The van der Waals surface area contributed by atoms with Gasteiger partial charge in [0.1, 0.15) is 0 Å². The molecule has 11 nitrogen and oxygen atoms in total. The van der Waals surface area contributed by atoms with E-state index in [2.05, 4.69) is 476 Å². The molecule has 0 saturated heterocycles. The molecular weight excluding hydrogens is 1610 g/mol. The molecule has 0 fully saturated rings. The molecule has 132 heavy (non-hydrogen) atoms. The minimum absolute atomic E-state index is 0.718. The van der Waals surface area contributed by atoms with Gasteiger partial charge in [-0.25, -0.2) is 19.9 Å². The Balaban J connectivity index is 0.000000106. The van der Waals surface area contributed by atoms with Crippen LogP contribution in [0.3, 0.4) is 0 Å². The number of hydrogen-bond donors (Lipinski definition) is 0. The van der Waals surface area contributed by atoms with Gasteiger partial charge in [0.05, 0.1) is 83.5 Å². The molecule has 27 aromatic rings. The molecule has 0 radical (unpaired) electrons. The van der Waals surface area contributed by atoms with Crippen molar-refractivity contribution in [3.05, 3.63) is 480 Å². The number of rotatable bonds is 12. The van der Waals surface area contributed by atoms with Crippen molar-refractivity contribution in [2.45, 2.75) is 0 Å². The zero-order valence-corrected chi connectivity index (χ0v) is 71.5. The highest BCUT2D eigenvalue weighted by atomic mass is 15.0. The molecule has 0 spiro atoms. The second-order valence-electron chi connectivity index (χ2n) is 33.5. The van der Waals surface area contributed by atoms with Gasteiger partial charge < -0.3 is 27.4 Å². The maximum atomic E-state index is 5.29. The third-order valence-corrected chi connectivity index (χ3v) is 25.9. The van der Waals surface area contributed by atoms with Crippen LogP contribution in [0.15, 0.2) is 480 Å². The molecule has 0 bridgehead atoms. The van der Waals surface area contributed by atoms with Gasteiger partial charge >= 0.3 is 0 Å². The van der Waals surface area contributed by atoms with Gasteiger partial charge in [-0.2, -0.15) is 0 Å². The first-order valence-electron chi connectivity index (χ1n) is 44.7. The number of para-hydroxylation sites is 7. The summed E-state index contributed by atoms with van der Waals surface area (Å²) < 4.78 is 14.0. The molecule has 618 valence electrons. The quantitative estimate of drug-likeness (QED) is 0.121. The molecular formula is C121H79N11. The van der Waals surface area contributed by atoms with Crippen LogP contribution in [0.25, 0.3) is 232 Å². The Hall–Kier alpha value is -17.9. The largest absolute Gasteiger partial charge is 0.317 e. The van der Waals surface area contributed by atoms with Crippen molar-refractivity contribution in [3.8, 4) is 102 Å². The molecule has 0 amide bonds. The topological polar surface area (TPSA) is 94.0 Å². The van der Waals surface area contributed by atoms with Crippen LogP contribution >= 0.6 is 0 Å². The number of aromatic nitrogens is 11. The lowest BCUT2D eigenvalue weighted by molar-refractivity contribution is 1.13. The average Bonchev–Trinajstić information content (AvgIpc) is 1.57. The van der Waals surface area contributed by atoms with Crippen molar-refractivity contribution in [1.82, 2.24) is 52.3 Å². The van der Waals surface area contributed by atoms with Crippen LogP contribution in [0, 0.1) is 0 Å². The zero-order valence-electron chi connectivity index (χ0n) is 71.5. The number of nitrogens with zero attached hydrogens (tertiary/aromatic N) is 11. The van der Waals surface area contributed by atoms with Crippen LogP contribution in [0.2, 0.25) is 0 Å². The Labute approximate surface area is 759 Å². The number of fused-ring (bicyclic) bond motifs is 18. The highest BCUT2D eigenvalue weighted by Crippen LogP contribution is 2.46. The molecule has 0 aliphatic carbocycles. The van der Waals surface area contributed by atoms with Crippen LogP contribution in [0.1, 0.15) is 0 Å². The monoisotopic (exact) mass is 1690 g/mol. The number of hydrogen-bond acceptors (Lipinski definition) is 5. The summed E-state index contributed by atoms with van der Waals surface area (Å²) in [5.74, 6) is 0.718. The van der Waals surface area contributed by atoms with E-state index in [1.165, 1.54) is 92.5 Å². The van der Waals surface area contributed by atoms with Crippen molar-refractivity contribution in [3.63, 3.8) is 0 Å². The lowest BCUT2D eigenvalue weighted by Crippen LogP contribution is -1.95. The van der Waals surface area contributed by atoms with Gasteiger partial charge in [0.25, 0.3) is 0 Å². The summed E-state index contributed by atoms with van der Waals surface area (Å²) in [6, 6.07) is 159. The van der Waals surface area contributed by atoms with Crippen LogP contribution in [0.5, 0.6) is 0 Å². The van der Waals surface area contributed by atoms with Gasteiger partial charge in [0.15, 0.2) is 5.82 Å². The van der Waals surface area contributed by atoms with Crippen LogP contribution in [-0.2, 0) is 0 Å².